The molecule has 2 rings (SSSR count). The van der Waals surface area contributed by atoms with Gasteiger partial charge in [0.25, 0.3) is 5.92 Å². The first-order valence-corrected chi connectivity index (χ1v) is 10.9. The van der Waals surface area contributed by atoms with E-state index in [9.17, 15) is 22.0 Å². The number of rotatable bonds is 5. The van der Waals surface area contributed by atoms with Crippen LogP contribution in [0.1, 0.15) is 38.3 Å². The van der Waals surface area contributed by atoms with E-state index in [1.807, 2.05) is 30.3 Å². The molecular weight excluding hydrogens is 374 g/mol. The minimum Gasteiger partial charge on any atom is -0.332 e. The predicted molar refractivity (Wildman–Crippen MR) is 101 cm³/mol. The lowest BCUT2D eigenvalue weighted by Crippen LogP contribution is -2.55. The second-order valence-electron chi connectivity index (χ2n) is 7.05. The summed E-state index contributed by atoms with van der Waals surface area (Å²) >= 11 is 0. The van der Waals surface area contributed by atoms with Gasteiger partial charge in [0.1, 0.15) is 0 Å². The molecule has 0 bridgehead atoms. The first-order valence-electron chi connectivity index (χ1n) is 8.91. The van der Waals surface area contributed by atoms with Crippen LogP contribution in [0.5, 0.6) is 0 Å². The maximum absolute atomic E-state index is 14.5. The van der Waals surface area contributed by atoms with Gasteiger partial charge in [-0.05, 0) is 25.3 Å². The van der Waals surface area contributed by atoms with Gasteiger partial charge >= 0.3 is 6.03 Å². The van der Waals surface area contributed by atoms with Crippen molar-refractivity contribution in [1.29, 1.82) is 0 Å². The topological polar surface area (TPSA) is 66.5 Å². The molecule has 1 aromatic rings. The Morgan fingerprint density at radius 3 is 2.56 bits per heavy atom. The first-order chi connectivity index (χ1) is 12.5. The Morgan fingerprint density at radius 1 is 1.37 bits per heavy atom. The summed E-state index contributed by atoms with van der Waals surface area (Å²) in [7, 11) is -3.33. The van der Waals surface area contributed by atoms with E-state index < -0.39 is 46.3 Å². The Morgan fingerprint density at radius 2 is 2.00 bits per heavy atom. The molecule has 0 aromatic heterocycles. The van der Waals surface area contributed by atoms with Crippen molar-refractivity contribution >= 4 is 15.9 Å². The van der Waals surface area contributed by atoms with Gasteiger partial charge in [-0.2, -0.15) is 0 Å². The zero-order valence-corrected chi connectivity index (χ0v) is 16.5. The molecule has 1 aliphatic rings. The van der Waals surface area contributed by atoms with Crippen molar-refractivity contribution in [2.75, 3.05) is 12.8 Å². The fourth-order valence-electron chi connectivity index (χ4n) is 3.29. The molecular formula is C19H26F2N2O3S. The predicted octanol–water partition coefficient (Wildman–Crippen LogP) is 3.75. The smallest absolute Gasteiger partial charge is 0.318 e. The Hall–Kier alpha value is -1.96. The van der Waals surface area contributed by atoms with E-state index in [4.69, 9.17) is 0 Å². The standard InChI is InChI=1S/C19H26F2N2O3S/c1-4-16-12-17(15-8-6-5-7-9-15)23(13-19(16,20)21)18(24)22-14(2)10-11-27(3,25)26/h5-11,14,16-17H,4,12-13H2,1-3H3,(H,22,24)/b11-10+/t14-,16+,17+/m0/s1. The van der Waals surface area contributed by atoms with E-state index in [0.717, 1.165) is 22.1 Å². The van der Waals surface area contributed by atoms with Crippen LogP contribution in [-0.4, -0.2) is 44.1 Å². The molecule has 150 valence electrons. The summed E-state index contributed by atoms with van der Waals surface area (Å²) in [5.41, 5.74) is 0.806. The molecule has 1 aliphatic heterocycles. The highest BCUT2D eigenvalue weighted by Gasteiger charge is 2.49. The van der Waals surface area contributed by atoms with Gasteiger partial charge < -0.3 is 10.2 Å². The molecule has 8 heteroatoms. The summed E-state index contributed by atoms with van der Waals surface area (Å²) in [6, 6.07) is 7.42. The normalized spacial score (nSPS) is 24.0. The largest absolute Gasteiger partial charge is 0.332 e. The highest BCUT2D eigenvalue weighted by Crippen LogP contribution is 2.43. The van der Waals surface area contributed by atoms with E-state index in [1.165, 1.54) is 6.08 Å². The van der Waals surface area contributed by atoms with Gasteiger partial charge in [-0.3, -0.25) is 0 Å². The third-order valence-electron chi connectivity index (χ3n) is 4.77. The van der Waals surface area contributed by atoms with Crippen LogP contribution in [0.25, 0.3) is 0 Å². The van der Waals surface area contributed by atoms with Crippen LogP contribution < -0.4 is 5.32 Å². The number of carbonyl (C=O) groups is 1. The quantitative estimate of drug-likeness (QED) is 0.819. The van der Waals surface area contributed by atoms with Crippen molar-refractivity contribution in [3.8, 4) is 0 Å². The summed E-state index contributed by atoms with van der Waals surface area (Å²) in [5.74, 6) is -3.77. The molecule has 27 heavy (non-hydrogen) atoms. The zero-order valence-electron chi connectivity index (χ0n) is 15.7. The molecule has 3 atom stereocenters. The second-order valence-corrected chi connectivity index (χ2v) is 8.98. The van der Waals surface area contributed by atoms with Gasteiger partial charge in [0.15, 0.2) is 9.84 Å². The molecule has 0 aliphatic carbocycles. The summed E-state index contributed by atoms with van der Waals surface area (Å²) < 4.78 is 51.4. The van der Waals surface area contributed by atoms with E-state index in [2.05, 4.69) is 5.32 Å². The van der Waals surface area contributed by atoms with Crippen molar-refractivity contribution < 1.29 is 22.0 Å². The Kier molecular flexibility index (Phi) is 6.62. The van der Waals surface area contributed by atoms with Crippen LogP contribution in [0.4, 0.5) is 13.6 Å². The van der Waals surface area contributed by atoms with Gasteiger partial charge in [0.05, 0.1) is 12.6 Å². The zero-order chi connectivity index (χ0) is 20.2. The molecule has 2 amide bonds. The molecule has 1 fully saturated rings. The number of halogens is 2. The van der Waals surface area contributed by atoms with Gasteiger partial charge in [0.2, 0.25) is 0 Å². The SMILES string of the molecule is CC[C@@H]1C[C@H](c2ccccc2)N(C(=O)N[C@@H](C)/C=C/S(C)(=O)=O)CC1(F)F. The summed E-state index contributed by atoms with van der Waals surface area (Å²) in [6.45, 7) is 2.65. The van der Waals surface area contributed by atoms with Crippen LogP contribution in [0, 0.1) is 5.92 Å². The van der Waals surface area contributed by atoms with E-state index >= 15 is 0 Å². The molecule has 0 radical (unpaired) electrons. The van der Waals surface area contributed by atoms with Crippen molar-refractivity contribution in [2.45, 2.75) is 44.7 Å². The van der Waals surface area contributed by atoms with Crippen molar-refractivity contribution in [3.63, 3.8) is 0 Å². The number of sulfone groups is 1. The number of piperidine rings is 1. The lowest BCUT2D eigenvalue weighted by molar-refractivity contribution is -0.117. The van der Waals surface area contributed by atoms with Crippen LogP contribution in [0.15, 0.2) is 41.8 Å². The summed E-state index contributed by atoms with van der Waals surface area (Å²) in [5, 5.41) is 3.59. The van der Waals surface area contributed by atoms with Gasteiger partial charge in [0, 0.05) is 23.6 Å². The van der Waals surface area contributed by atoms with Gasteiger partial charge in [-0.15, -0.1) is 0 Å². The number of alkyl halides is 2. The van der Waals surface area contributed by atoms with Crippen molar-refractivity contribution in [1.82, 2.24) is 10.2 Å². The molecule has 0 unspecified atom stereocenters. The molecule has 1 aromatic carbocycles. The van der Waals surface area contributed by atoms with Crippen molar-refractivity contribution in [3.05, 3.63) is 47.4 Å². The number of nitrogens with one attached hydrogen (secondary N) is 1. The number of nitrogens with zero attached hydrogens (tertiary/aromatic N) is 1. The molecule has 0 saturated carbocycles. The fraction of sp³-hybridized carbons (Fsp3) is 0.526. The maximum Gasteiger partial charge on any atom is 0.318 e. The number of likely N-dealkylation sites (tertiary alicyclic amines) is 1. The Balaban J connectivity index is 2.24. The Bertz CT molecular complexity index is 781. The number of carbonyl (C=O) groups excluding carboxylic acids is 1. The fourth-order valence-corrected chi connectivity index (χ4v) is 3.81. The number of hydrogen-bond acceptors (Lipinski definition) is 3. The third-order valence-corrected chi connectivity index (χ3v) is 5.42. The average Bonchev–Trinajstić information content (AvgIpc) is 2.59. The number of benzene rings is 1. The molecule has 1 saturated heterocycles. The van der Waals surface area contributed by atoms with E-state index in [1.54, 1.807) is 13.8 Å². The van der Waals surface area contributed by atoms with Crippen LogP contribution in [0.2, 0.25) is 0 Å². The van der Waals surface area contributed by atoms with Gasteiger partial charge in [-0.25, -0.2) is 22.0 Å². The second kappa shape index (κ2) is 8.37. The van der Waals surface area contributed by atoms with E-state index in [-0.39, 0.29) is 6.42 Å². The lowest BCUT2D eigenvalue weighted by Gasteiger charge is -2.44. The van der Waals surface area contributed by atoms with Crippen LogP contribution in [-0.2, 0) is 9.84 Å². The lowest BCUT2D eigenvalue weighted by atomic mass is 9.83. The minimum absolute atomic E-state index is 0.175. The molecule has 1 heterocycles. The van der Waals surface area contributed by atoms with Crippen molar-refractivity contribution in [2.24, 2.45) is 5.92 Å². The maximum atomic E-state index is 14.5. The summed E-state index contributed by atoms with van der Waals surface area (Å²) in [4.78, 5) is 13.9. The number of amides is 2. The Labute approximate surface area is 159 Å². The van der Waals surface area contributed by atoms with Gasteiger partial charge in [-0.1, -0.05) is 43.3 Å². The number of hydrogen-bond donors (Lipinski definition) is 1. The molecule has 0 spiro atoms. The van der Waals surface area contributed by atoms with E-state index in [0.29, 0.717) is 6.42 Å². The third kappa shape index (κ3) is 5.76. The highest BCUT2D eigenvalue weighted by atomic mass is 32.2. The molecule has 5 nitrogen and oxygen atoms in total. The van der Waals surface area contributed by atoms with Crippen LogP contribution >= 0.6 is 0 Å². The molecule has 1 N–H and O–H groups in total. The summed E-state index contributed by atoms with van der Waals surface area (Å²) in [6.07, 6.45) is 2.87. The van der Waals surface area contributed by atoms with Crippen LogP contribution in [0.3, 0.4) is 0 Å². The monoisotopic (exact) mass is 400 g/mol. The average molecular weight is 400 g/mol. The minimum atomic E-state index is -3.33. The number of urea groups is 1. The first kappa shape index (κ1) is 21.3. The highest BCUT2D eigenvalue weighted by molar-refractivity contribution is 7.93.